The van der Waals surface area contributed by atoms with Crippen molar-refractivity contribution in [1.82, 2.24) is 29.5 Å². The fraction of sp³-hybridized carbons (Fsp3) is 0.316. The van der Waals surface area contributed by atoms with Crippen molar-refractivity contribution < 1.29 is 9.18 Å². The summed E-state index contributed by atoms with van der Waals surface area (Å²) in [6, 6.07) is 6.61. The number of rotatable bonds is 5. The van der Waals surface area contributed by atoms with Crippen molar-refractivity contribution in [3.63, 3.8) is 0 Å². The average molecular weight is 368 g/mol. The fourth-order valence-electron chi connectivity index (χ4n) is 3.24. The Morgan fingerprint density at radius 1 is 1.22 bits per heavy atom. The minimum atomic E-state index is -0.217. The van der Waals surface area contributed by atoms with Crippen LogP contribution in [0.4, 0.5) is 4.39 Å². The van der Waals surface area contributed by atoms with Crippen molar-refractivity contribution in [2.24, 2.45) is 7.05 Å². The summed E-state index contributed by atoms with van der Waals surface area (Å²) < 4.78 is 16.8. The molecule has 4 rings (SSSR count). The average Bonchev–Trinajstić information content (AvgIpc) is 3.27. The molecule has 0 spiro atoms. The molecular weight excluding hydrogens is 347 g/mol. The molecule has 0 unspecified atom stereocenters. The number of aryl methyl sites for hydroxylation is 1. The number of nitrogens with zero attached hydrogens (tertiary/aromatic N) is 5. The van der Waals surface area contributed by atoms with Gasteiger partial charge in [-0.2, -0.15) is 5.10 Å². The Labute approximate surface area is 156 Å². The molecule has 0 aliphatic carbocycles. The smallest absolute Gasteiger partial charge is 0.254 e. The minimum Gasteiger partial charge on any atom is -0.346 e. The van der Waals surface area contributed by atoms with E-state index in [9.17, 15) is 9.18 Å². The summed E-state index contributed by atoms with van der Waals surface area (Å²) in [5.41, 5.74) is 2.46. The number of imidazole rings is 1. The first-order valence-electron chi connectivity index (χ1n) is 8.85. The molecular formula is C19H21FN6O. The van der Waals surface area contributed by atoms with Gasteiger partial charge in [0, 0.05) is 39.1 Å². The first-order chi connectivity index (χ1) is 13.1. The molecule has 3 aromatic rings. The number of benzene rings is 1. The number of fused-ring (bicyclic) bond motifs is 1. The number of amides is 1. The van der Waals surface area contributed by atoms with Gasteiger partial charge < -0.3 is 9.88 Å². The highest BCUT2D eigenvalue weighted by molar-refractivity contribution is 5.93. The molecule has 27 heavy (non-hydrogen) atoms. The van der Waals surface area contributed by atoms with Gasteiger partial charge in [-0.25, -0.2) is 9.37 Å². The molecule has 0 saturated heterocycles. The standard InChI is InChI=1S/C19H21FN6O/c1-24-11-15(8-22-24)19(27)21-9-17-12-26-7-6-25(13-18(26)23-17)10-14-2-4-16(20)5-3-14/h2-5,8,11-12H,6-7,9-10,13H2,1H3,(H,21,27). The fourth-order valence-corrected chi connectivity index (χ4v) is 3.24. The third kappa shape index (κ3) is 4.06. The summed E-state index contributed by atoms with van der Waals surface area (Å²) in [6.07, 6.45) is 5.22. The number of nitrogens with one attached hydrogen (secondary N) is 1. The topological polar surface area (TPSA) is 68.0 Å². The molecule has 0 bridgehead atoms. The van der Waals surface area contributed by atoms with Gasteiger partial charge in [-0.15, -0.1) is 0 Å². The molecule has 0 saturated carbocycles. The van der Waals surface area contributed by atoms with Crippen LogP contribution in [0, 0.1) is 5.82 Å². The van der Waals surface area contributed by atoms with Gasteiger partial charge in [0.05, 0.1) is 30.5 Å². The van der Waals surface area contributed by atoms with Crippen LogP contribution in [0.2, 0.25) is 0 Å². The van der Waals surface area contributed by atoms with Gasteiger partial charge in [-0.3, -0.25) is 14.4 Å². The van der Waals surface area contributed by atoms with Crippen LogP contribution >= 0.6 is 0 Å². The number of hydrogen-bond donors (Lipinski definition) is 1. The second-order valence-corrected chi connectivity index (χ2v) is 6.76. The van der Waals surface area contributed by atoms with Gasteiger partial charge in [0.25, 0.3) is 5.91 Å². The van der Waals surface area contributed by atoms with Crippen LogP contribution in [0.15, 0.2) is 42.9 Å². The lowest BCUT2D eigenvalue weighted by atomic mass is 10.2. The van der Waals surface area contributed by atoms with Crippen LogP contribution in [0.3, 0.4) is 0 Å². The molecule has 2 aromatic heterocycles. The number of aromatic nitrogens is 4. The van der Waals surface area contributed by atoms with Crippen molar-refractivity contribution in [3.05, 3.63) is 71.3 Å². The number of carbonyl (C=O) groups is 1. The van der Waals surface area contributed by atoms with Gasteiger partial charge >= 0.3 is 0 Å². The Morgan fingerprint density at radius 3 is 2.78 bits per heavy atom. The van der Waals surface area contributed by atoms with E-state index < -0.39 is 0 Å². The van der Waals surface area contributed by atoms with Crippen molar-refractivity contribution in [2.75, 3.05) is 6.54 Å². The van der Waals surface area contributed by atoms with E-state index >= 15 is 0 Å². The Kier molecular flexibility index (Phi) is 4.72. The van der Waals surface area contributed by atoms with Gasteiger partial charge in [0.1, 0.15) is 11.6 Å². The Morgan fingerprint density at radius 2 is 2.04 bits per heavy atom. The van der Waals surface area contributed by atoms with E-state index in [-0.39, 0.29) is 11.7 Å². The SMILES string of the molecule is Cn1cc(C(=O)NCc2cn3c(n2)CN(Cc2ccc(F)cc2)CC3)cn1. The number of carbonyl (C=O) groups excluding carboxylic acids is 1. The minimum absolute atomic E-state index is 0.160. The van der Waals surface area contributed by atoms with E-state index in [1.54, 1.807) is 24.1 Å². The van der Waals surface area contributed by atoms with Gasteiger partial charge in [0.15, 0.2) is 0 Å². The predicted molar refractivity (Wildman–Crippen MR) is 97.1 cm³/mol. The van der Waals surface area contributed by atoms with E-state index in [4.69, 9.17) is 0 Å². The van der Waals surface area contributed by atoms with Gasteiger partial charge in [0.2, 0.25) is 0 Å². The summed E-state index contributed by atoms with van der Waals surface area (Å²) in [7, 11) is 1.78. The van der Waals surface area contributed by atoms with Gasteiger partial charge in [-0.1, -0.05) is 12.1 Å². The van der Waals surface area contributed by atoms with Gasteiger partial charge in [-0.05, 0) is 17.7 Å². The number of hydrogen-bond acceptors (Lipinski definition) is 4. The Bertz CT molecular complexity index is 946. The molecule has 1 N–H and O–H groups in total. The van der Waals surface area contributed by atoms with Crippen LogP contribution in [-0.2, 0) is 33.2 Å². The highest BCUT2D eigenvalue weighted by Crippen LogP contribution is 2.16. The second-order valence-electron chi connectivity index (χ2n) is 6.76. The van der Waals surface area contributed by atoms with Crippen molar-refractivity contribution in [2.45, 2.75) is 26.2 Å². The van der Waals surface area contributed by atoms with Crippen LogP contribution < -0.4 is 5.32 Å². The normalized spacial score (nSPS) is 14.1. The molecule has 1 amide bonds. The highest BCUT2D eigenvalue weighted by atomic mass is 19.1. The third-order valence-corrected chi connectivity index (χ3v) is 4.65. The van der Waals surface area contributed by atoms with Crippen molar-refractivity contribution in [1.29, 1.82) is 0 Å². The maximum Gasteiger partial charge on any atom is 0.254 e. The Hall–Kier alpha value is -3.00. The first kappa shape index (κ1) is 17.4. The highest BCUT2D eigenvalue weighted by Gasteiger charge is 2.19. The van der Waals surface area contributed by atoms with Crippen molar-refractivity contribution >= 4 is 5.91 Å². The van der Waals surface area contributed by atoms with Crippen LogP contribution in [0.1, 0.15) is 27.4 Å². The predicted octanol–water partition coefficient (Wildman–Crippen LogP) is 1.70. The first-order valence-corrected chi connectivity index (χ1v) is 8.85. The lowest BCUT2D eigenvalue weighted by Gasteiger charge is -2.27. The van der Waals surface area contributed by atoms with E-state index in [2.05, 4.69) is 24.9 Å². The Balaban J connectivity index is 1.35. The van der Waals surface area contributed by atoms with Crippen LogP contribution in [-0.4, -0.2) is 36.7 Å². The maximum absolute atomic E-state index is 13.0. The van der Waals surface area contributed by atoms with Crippen LogP contribution in [0.25, 0.3) is 0 Å². The molecule has 8 heteroatoms. The molecule has 7 nitrogen and oxygen atoms in total. The summed E-state index contributed by atoms with van der Waals surface area (Å²) in [6.45, 7) is 3.63. The zero-order valence-corrected chi connectivity index (χ0v) is 15.1. The lowest BCUT2D eigenvalue weighted by Crippen LogP contribution is -2.33. The molecule has 0 radical (unpaired) electrons. The van der Waals surface area contributed by atoms with Crippen molar-refractivity contribution in [3.8, 4) is 0 Å². The quantitative estimate of drug-likeness (QED) is 0.744. The number of halogens is 1. The van der Waals surface area contributed by atoms with E-state index in [0.717, 1.165) is 43.3 Å². The van der Waals surface area contributed by atoms with E-state index in [0.29, 0.717) is 12.1 Å². The molecule has 1 aromatic carbocycles. The largest absolute Gasteiger partial charge is 0.346 e. The van der Waals surface area contributed by atoms with E-state index in [1.165, 1.54) is 12.1 Å². The molecule has 3 heterocycles. The molecule has 1 aliphatic heterocycles. The molecule has 0 fully saturated rings. The second kappa shape index (κ2) is 7.32. The molecule has 0 atom stereocenters. The summed E-state index contributed by atoms with van der Waals surface area (Å²) >= 11 is 0. The maximum atomic E-state index is 13.0. The third-order valence-electron chi connectivity index (χ3n) is 4.65. The summed E-state index contributed by atoms with van der Waals surface area (Å²) in [5.74, 6) is 0.604. The monoisotopic (exact) mass is 368 g/mol. The van der Waals surface area contributed by atoms with Crippen LogP contribution in [0.5, 0.6) is 0 Å². The summed E-state index contributed by atoms with van der Waals surface area (Å²) in [4.78, 5) is 19.1. The molecule has 1 aliphatic rings. The zero-order chi connectivity index (χ0) is 18.8. The molecule has 140 valence electrons. The zero-order valence-electron chi connectivity index (χ0n) is 15.1. The summed E-state index contributed by atoms with van der Waals surface area (Å²) in [5, 5.41) is 6.88. The lowest BCUT2D eigenvalue weighted by molar-refractivity contribution is 0.0950. The van der Waals surface area contributed by atoms with E-state index in [1.807, 2.05) is 18.3 Å².